The molecule has 2 amide bonds. The van der Waals surface area contributed by atoms with Crippen LogP contribution in [0.15, 0.2) is 18.2 Å². The van der Waals surface area contributed by atoms with Gasteiger partial charge >= 0.3 is 6.09 Å². The molecule has 1 N–H and O–H groups in total. The minimum Gasteiger partial charge on any atom is -0.508 e. The van der Waals surface area contributed by atoms with Gasteiger partial charge in [0.2, 0.25) is 5.91 Å². The first-order chi connectivity index (χ1) is 12.1. The first-order valence-electron chi connectivity index (χ1n) is 8.74. The van der Waals surface area contributed by atoms with Crippen molar-refractivity contribution >= 4 is 12.0 Å². The number of hydrogen-bond acceptors (Lipinski definition) is 5. The van der Waals surface area contributed by atoms with Gasteiger partial charge in [-0.25, -0.2) is 4.79 Å². The molecule has 1 aromatic carbocycles. The average Bonchev–Trinajstić information content (AvgIpc) is 2.53. The number of carbonyl (C=O) groups is 2. The highest BCUT2D eigenvalue weighted by molar-refractivity contribution is 5.80. The van der Waals surface area contributed by atoms with Crippen LogP contribution in [-0.2, 0) is 16.0 Å². The van der Waals surface area contributed by atoms with E-state index in [0.29, 0.717) is 30.9 Å². The molecule has 0 aliphatic carbocycles. The summed E-state index contributed by atoms with van der Waals surface area (Å²) in [4.78, 5) is 28.3. The van der Waals surface area contributed by atoms with Crippen LogP contribution >= 0.6 is 0 Å². The lowest BCUT2D eigenvalue weighted by atomic mass is 10.1. The summed E-state index contributed by atoms with van der Waals surface area (Å²) >= 11 is 0. The molecule has 0 spiro atoms. The third kappa shape index (κ3) is 5.03. The van der Waals surface area contributed by atoms with Crippen molar-refractivity contribution in [2.45, 2.75) is 45.8 Å². The van der Waals surface area contributed by atoms with Gasteiger partial charge in [-0.1, -0.05) is 0 Å². The normalized spacial score (nSPS) is 17.8. The maximum atomic E-state index is 12.7. The molecule has 1 aromatic rings. The molecule has 1 heterocycles. The molecule has 1 aliphatic heterocycles. The molecule has 0 radical (unpaired) electrons. The summed E-state index contributed by atoms with van der Waals surface area (Å²) in [5, 5.41) is 9.65. The fourth-order valence-corrected chi connectivity index (χ4v) is 2.95. The van der Waals surface area contributed by atoms with Crippen molar-refractivity contribution in [1.29, 1.82) is 0 Å². The number of piperazine rings is 1. The van der Waals surface area contributed by atoms with Gasteiger partial charge in [0.05, 0.1) is 13.5 Å². The second-order valence-electron chi connectivity index (χ2n) is 7.54. The van der Waals surface area contributed by atoms with Gasteiger partial charge in [0.25, 0.3) is 0 Å². The quantitative estimate of drug-likeness (QED) is 0.891. The van der Waals surface area contributed by atoms with Crippen LogP contribution in [0.5, 0.6) is 11.5 Å². The topological polar surface area (TPSA) is 79.3 Å². The second-order valence-corrected chi connectivity index (χ2v) is 7.54. The molecule has 2 rings (SSSR count). The third-order valence-electron chi connectivity index (χ3n) is 4.21. The van der Waals surface area contributed by atoms with Crippen molar-refractivity contribution < 1.29 is 24.2 Å². The van der Waals surface area contributed by atoms with E-state index in [4.69, 9.17) is 9.47 Å². The van der Waals surface area contributed by atoms with E-state index < -0.39 is 5.60 Å². The van der Waals surface area contributed by atoms with Crippen LogP contribution in [0.3, 0.4) is 0 Å². The first-order valence-corrected chi connectivity index (χ1v) is 8.74. The van der Waals surface area contributed by atoms with Crippen molar-refractivity contribution in [3.8, 4) is 11.5 Å². The number of rotatable bonds is 3. The molecule has 0 bridgehead atoms. The van der Waals surface area contributed by atoms with E-state index >= 15 is 0 Å². The van der Waals surface area contributed by atoms with Crippen molar-refractivity contribution in [2.75, 3.05) is 26.7 Å². The predicted molar refractivity (Wildman–Crippen MR) is 97.3 cm³/mol. The largest absolute Gasteiger partial charge is 0.508 e. The van der Waals surface area contributed by atoms with Gasteiger partial charge in [-0.05, 0) is 45.9 Å². The molecular weight excluding hydrogens is 336 g/mol. The van der Waals surface area contributed by atoms with E-state index in [1.165, 1.54) is 19.2 Å². The van der Waals surface area contributed by atoms with Gasteiger partial charge in [0.15, 0.2) is 0 Å². The Hall–Kier alpha value is -2.44. The zero-order valence-corrected chi connectivity index (χ0v) is 16.1. The van der Waals surface area contributed by atoms with E-state index in [2.05, 4.69) is 0 Å². The maximum Gasteiger partial charge on any atom is 0.410 e. The highest BCUT2D eigenvalue weighted by Gasteiger charge is 2.32. The van der Waals surface area contributed by atoms with Gasteiger partial charge in [-0.15, -0.1) is 0 Å². The number of hydrogen-bond donors (Lipinski definition) is 1. The van der Waals surface area contributed by atoms with E-state index in [1.807, 2.05) is 27.7 Å². The zero-order chi connectivity index (χ0) is 19.5. The molecule has 26 heavy (non-hydrogen) atoms. The number of benzene rings is 1. The summed E-state index contributed by atoms with van der Waals surface area (Å²) in [6, 6.07) is 4.57. The van der Waals surface area contributed by atoms with Gasteiger partial charge < -0.3 is 24.4 Å². The minimum absolute atomic E-state index is 0.0652. The molecule has 1 saturated heterocycles. The van der Waals surface area contributed by atoms with Gasteiger partial charge in [-0.3, -0.25) is 4.79 Å². The summed E-state index contributed by atoms with van der Waals surface area (Å²) in [7, 11) is 1.53. The Labute approximate surface area is 154 Å². The highest BCUT2D eigenvalue weighted by Crippen LogP contribution is 2.24. The van der Waals surface area contributed by atoms with Crippen LogP contribution < -0.4 is 4.74 Å². The Bertz CT molecular complexity index is 668. The summed E-state index contributed by atoms with van der Waals surface area (Å²) in [5.41, 5.74) is 0.0926. The molecule has 1 aliphatic rings. The fourth-order valence-electron chi connectivity index (χ4n) is 2.95. The summed E-state index contributed by atoms with van der Waals surface area (Å²) < 4.78 is 10.7. The van der Waals surface area contributed by atoms with E-state index in [9.17, 15) is 14.7 Å². The molecule has 0 saturated carbocycles. The lowest BCUT2D eigenvalue weighted by Gasteiger charge is -2.40. The molecule has 0 aromatic heterocycles. The van der Waals surface area contributed by atoms with Crippen LogP contribution in [0.25, 0.3) is 0 Å². The van der Waals surface area contributed by atoms with Gasteiger partial charge in [-0.2, -0.15) is 0 Å². The molecule has 7 heteroatoms. The van der Waals surface area contributed by atoms with Crippen LogP contribution in [-0.4, -0.2) is 65.3 Å². The average molecular weight is 364 g/mol. The Morgan fingerprint density at radius 2 is 1.96 bits per heavy atom. The predicted octanol–water partition coefficient (Wildman–Crippen LogP) is 2.41. The lowest BCUT2D eigenvalue weighted by Crippen LogP contribution is -2.56. The molecular formula is C19H28N2O5. The smallest absolute Gasteiger partial charge is 0.410 e. The first kappa shape index (κ1) is 19.9. The standard InChI is InChI=1S/C19H28N2O5/c1-13-12-20(8-9-21(13)18(24)26-19(2,3)4)17(23)11-14-10-15(22)6-7-16(14)25-5/h6-7,10,13,22H,8-9,11-12H2,1-5H3/t13-/m0/s1. The Morgan fingerprint density at radius 1 is 1.27 bits per heavy atom. The molecule has 0 unspecified atom stereocenters. The number of aromatic hydroxyl groups is 1. The van der Waals surface area contributed by atoms with E-state index in [1.54, 1.807) is 15.9 Å². The van der Waals surface area contributed by atoms with Crippen molar-refractivity contribution in [1.82, 2.24) is 9.80 Å². The number of carbonyl (C=O) groups excluding carboxylic acids is 2. The summed E-state index contributed by atoms with van der Waals surface area (Å²) in [6.45, 7) is 8.72. The van der Waals surface area contributed by atoms with Crippen LogP contribution in [0, 0.1) is 0 Å². The van der Waals surface area contributed by atoms with E-state index in [0.717, 1.165) is 0 Å². The van der Waals surface area contributed by atoms with Crippen molar-refractivity contribution in [2.24, 2.45) is 0 Å². The molecule has 144 valence electrons. The maximum absolute atomic E-state index is 12.7. The second kappa shape index (κ2) is 7.85. The van der Waals surface area contributed by atoms with Crippen molar-refractivity contribution in [3.63, 3.8) is 0 Å². The monoisotopic (exact) mass is 364 g/mol. The SMILES string of the molecule is COc1ccc(O)cc1CC(=O)N1CCN(C(=O)OC(C)(C)C)[C@@H](C)C1. The lowest BCUT2D eigenvalue weighted by molar-refractivity contribution is -0.133. The highest BCUT2D eigenvalue weighted by atomic mass is 16.6. The Kier molecular flexibility index (Phi) is 6.00. The van der Waals surface area contributed by atoms with Crippen LogP contribution in [0.4, 0.5) is 4.79 Å². The number of phenolic OH excluding ortho intramolecular Hbond substituents is 1. The fraction of sp³-hybridized carbons (Fsp3) is 0.579. The third-order valence-corrected chi connectivity index (χ3v) is 4.21. The van der Waals surface area contributed by atoms with Crippen LogP contribution in [0.1, 0.15) is 33.3 Å². The van der Waals surface area contributed by atoms with Crippen molar-refractivity contribution in [3.05, 3.63) is 23.8 Å². The van der Waals surface area contributed by atoms with Gasteiger partial charge in [0.1, 0.15) is 17.1 Å². The van der Waals surface area contributed by atoms with Crippen LogP contribution in [0.2, 0.25) is 0 Å². The number of phenols is 1. The number of methoxy groups -OCH3 is 1. The molecule has 7 nitrogen and oxygen atoms in total. The summed E-state index contributed by atoms with van der Waals surface area (Å²) in [5.74, 6) is 0.595. The molecule has 1 fully saturated rings. The van der Waals surface area contributed by atoms with E-state index in [-0.39, 0.29) is 30.2 Å². The number of amides is 2. The van der Waals surface area contributed by atoms with Gasteiger partial charge in [0, 0.05) is 31.2 Å². The number of nitrogens with zero attached hydrogens (tertiary/aromatic N) is 2. The molecule has 1 atom stereocenters. The minimum atomic E-state index is -0.546. The Morgan fingerprint density at radius 3 is 2.54 bits per heavy atom. The summed E-state index contributed by atoms with van der Waals surface area (Å²) in [6.07, 6.45) is -0.219. The Balaban J connectivity index is 1.99. The zero-order valence-electron chi connectivity index (χ0n) is 16.1. The number of ether oxygens (including phenoxy) is 2.